The van der Waals surface area contributed by atoms with Crippen molar-refractivity contribution in [2.45, 2.75) is 32.4 Å². The van der Waals surface area contributed by atoms with Gasteiger partial charge in [0.05, 0.1) is 5.69 Å². The predicted octanol–water partition coefficient (Wildman–Crippen LogP) is 2.43. The Morgan fingerprint density at radius 3 is 2.76 bits per heavy atom. The third-order valence-corrected chi connectivity index (χ3v) is 4.51. The number of hydrogen-bond donors (Lipinski definition) is 1. The summed E-state index contributed by atoms with van der Waals surface area (Å²) in [6.45, 7) is 5.49. The molecule has 2 aromatic rings. The standard InChI is InChI=1S/C17H24N4/c1-2-15-13-20(11-8-17(15)18)12-14-4-6-16(7-5-14)21-10-3-9-19-21/h3-7,9-10,15,17H,2,8,11-13,18H2,1H3. The van der Waals surface area contributed by atoms with E-state index < -0.39 is 0 Å². The molecule has 4 nitrogen and oxygen atoms in total. The number of hydrogen-bond acceptors (Lipinski definition) is 3. The van der Waals surface area contributed by atoms with Crippen molar-refractivity contribution in [1.29, 1.82) is 0 Å². The van der Waals surface area contributed by atoms with Crippen LogP contribution in [0.15, 0.2) is 42.7 Å². The summed E-state index contributed by atoms with van der Waals surface area (Å²) in [6, 6.07) is 11.0. The van der Waals surface area contributed by atoms with E-state index in [0.29, 0.717) is 12.0 Å². The van der Waals surface area contributed by atoms with E-state index in [1.165, 1.54) is 12.0 Å². The summed E-state index contributed by atoms with van der Waals surface area (Å²) < 4.78 is 1.89. The summed E-state index contributed by atoms with van der Waals surface area (Å²) >= 11 is 0. The zero-order valence-electron chi connectivity index (χ0n) is 12.7. The van der Waals surface area contributed by atoms with Crippen LogP contribution in [0.4, 0.5) is 0 Å². The molecule has 1 aliphatic heterocycles. The smallest absolute Gasteiger partial charge is 0.0645 e. The molecular weight excluding hydrogens is 260 g/mol. The first-order valence-electron chi connectivity index (χ1n) is 7.83. The van der Waals surface area contributed by atoms with E-state index in [-0.39, 0.29) is 0 Å². The van der Waals surface area contributed by atoms with Gasteiger partial charge in [-0.15, -0.1) is 0 Å². The first kappa shape index (κ1) is 14.3. The fourth-order valence-corrected chi connectivity index (χ4v) is 3.13. The van der Waals surface area contributed by atoms with Crippen molar-refractivity contribution in [3.63, 3.8) is 0 Å². The lowest BCUT2D eigenvalue weighted by Gasteiger charge is -2.36. The molecule has 1 aromatic carbocycles. The van der Waals surface area contributed by atoms with Gasteiger partial charge in [-0.05, 0) is 42.6 Å². The van der Waals surface area contributed by atoms with Gasteiger partial charge in [0.1, 0.15) is 0 Å². The van der Waals surface area contributed by atoms with Crippen LogP contribution in [-0.2, 0) is 6.54 Å². The Hall–Kier alpha value is -1.65. The molecule has 0 aliphatic carbocycles. The van der Waals surface area contributed by atoms with E-state index in [0.717, 1.165) is 31.7 Å². The first-order chi connectivity index (χ1) is 10.3. The fourth-order valence-electron chi connectivity index (χ4n) is 3.13. The third-order valence-electron chi connectivity index (χ3n) is 4.51. The molecule has 0 amide bonds. The molecule has 2 unspecified atom stereocenters. The predicted molar refractivity (Wildman–Crippen MR) is 85.2 cm³/mol. The highest BCUT2D eigenvalue weighted by Crippen LogP contribution is 2.20. The number of likely N-dealkylation sites (tertiary alicyclic amines) is 1. The lowest BCUT2D eigenvalue weighted by atomic mass is 9.90. The van der Waals surface area contributed by atoms with E-state index in [1.807, 2.05) is 16.9 Å². The van der Waals surface area contributed by atoms with Crippen molar-refractivity contribution in [2.75, 3.05) is 13.1 Å². The molecule has 0 radical (unpaired) electrons. The summed E-state index contributed by atoms with van der Waals surface area (Å²) in [4.78, 5) is 2.53. The minimum absolute atomic E-state index is 0.383. The fraction of sp³-hybridized carbons (Fsp3) is 0.471. The van der Waals surface area contributed by atoms with Crippen LogP contribution in [0, 0.1) is 5.92 Å². The molecule has 2 N–H and O–H groups in total. The molecule has 21 heavy (non-hydrogen) atoms. The van der Waals surface area contributed by atoms with Crippen LogP contribution in [0.1, 0.15) is 25.3 Å². The zero-order valence-corrected chi connectivity index (χ0v) is 12.7. The van der Waals surface area contributed by atoms with Gasteiger partial charge in [-0.3, -0.25) is 4.90 Å². The van der Waals surface area contributed by atoms with Crippen molar-refractivity contribution >= 4 is 0 Å². The number of aromatic nitrogens is 2. The van der Waals surface area contributed by atoms with Gasteiger partial charge in [-0.2, -0.15) is 5.10 Å². The lowest BCUT2D eigenvalue weighted by Crippen LogP contribution is -2.46. The second-order valence-corrected chi connectivity index (χ2v) is 5.97. The average Bonchev–Trinajstić information content (AvgIpc) is 3.04. The summed E-state index contributed by atoms with van der Waals surface area (Å²) in [7, 11) is 0. The number of rotatable bonds is 4. The monoisotopic (exact) mass is 284 g/mol. The van der Waals surface area contributed by atoms with Gasteiger partial charge in [0.15, 0.2) is 0 Å². The van der Waals surface area contributed by atoms with Crippen LogP contribution < -0.4 is 5.73 Å². The molecule has 3 rings (SSSR count). The Balaban J connectivity index is 1.63. The second kappa shape index (κ2) is 6.41. The summed E-state index contributed by atoms with van der Waals surface area (Å²) in [6.07, 6.45) is 6.06. The highest BCUT2D eigenvalue weighted by molar-refractivity contribution is 5.33. The third kappa shape index (κ3) is 3.34. The SMILES string of the molecule is CCC1CN(Cc2ccc(-n3cccn3)cc2)CCC1N. The van der Waals surface area contributed by atoms with Gasteiger partial charge < -0.3 is 5.73 Å². The van der Waals surface area contributed by atoms with Crippen molar-refractivity contribution in [3.05, 3.63) is 48.3 Å². The van der Waals surface area contributed by atoms with Crippen LogP contribution in [0.25, 0.3) is 5.69 Å². The molecular formula is C17H24N4. The topological polar surface area (TPSA) is 47.1 Å². The molecule has 0 bridgehead atoms. The Labute approximate surface area is 126 Å². The molecule has 1 aromatic heterocycles. The Morgan fingerprint density at radius 1 is 1.29 bits per heavy atom. The van der Waals surface area contributed by atoms with Crippen LogP contribution in [0.5, 0.6) is 0 Å². The van der Waals surface area contributed by atoms with E-state index in [2.05, 4.69) is 41.2 Å². The summed E-state index contributed by atoms with van der Waals surface area (Å²) in [5.74, 6) is 0.641. The Kier molecular flexibility index (Phi) is 4.36. The maximum absolute atomic E-state index is 6.18. The largest absolute Gasteiger partial charge is 0.327 e. The van der Waals surface area contributed by atoms with Crippen LogP contribution in [0.3, 0.4) is 0 Å². The number of nitrogens with two attached hydrogens (primary N) is 1. The van der Waals surface area contributed by atoms with E-state index in [9.17, 15) is 0 Å². The number of benzene rings is 1. The molecule has 0 saturated carbocycles. The van der Waals surface area contributed by atoms with Crippen molar-refractivity contribution in [1.82, 2.24) is 14.7 Å². The zero-order chi connectivity index (χ0) is 14.7. The van der Waals surface area contributed by atoms with Crippen molar-refractivity contribution in [3.8, 4) is 5.69 Å². The highest BCUT2D eigenvalue weighted by Gasteiger charge is 2.24. The van der Waals surface area contributed by atoms with Crippen LogP contribution in [0.2, 0.25) is 0 Å². The first-order valence-corrected chi connectivity index (χ1v) is 7.83. The summed E-state index contributed by atoms with van der Waals surface area (Å²) in [5, 5.41) is 4.25. The second-order valence-electron chi connectivity index (χ2n) is 5.97. The minimum atomic E-state index is 0.383. The van der Waals surface area contributed by atoms with Crippen LogP contribution >= 0.6 is 0 Å². The molecule has 2 heterocycles. The van der Waals surface area contributed by atoms with Crippen LogP contribution in [-0.4, -0.2) is 33.8 Å². The average molecular weight is 284 g/mol. The van der Waals surface area contributed by atoms with Gasteiger partial charge in [-0.1, -0.05) is 25.5 Å². The van der Waals surface area contributed by atoms with E-state index in [4.69, 9.17) is 5.73 Å². The molecule has 4 heteroatoms. The Morgan fingerprint density at radius 2 is 2.10 bits per heavy atom. The highest BCUT2D eigenvalue weighted by atomic mass is 15.3. The molecule has 1 saturated heterocycles. The number of nitrogens with zero attached hydrogens (tertiary/aromatic N) is 3. The normalized spacial score (nSPS) is 23.3. The van der Waals surface area contributed by atoms with Gasteiger partial charge >= 0.3 is 0 Å². The van der Waals surface area contributed by atoms with Gasteiger partial charge in [0.2, 0.25) is 0 Å². The van der Waals surface area contributed by atoms with Crippen molar-refractivity contribution in [2.24, 2.45) is 11.7 Å². The van der Waals surface area contributed by atoms with Gasteiger partial charge in [0, 0.05) is 31.5 Å². The maximum atomic E-state index is 6.18. The van der Waals surface area contributed by atoms with Gasteiger partial charge in [0.25, 0.3) is 0 Å². The lowest BCUT2D eigenvalue weighted by molar-refractivity contribution is 0.145. The van der Waals surface area contributed by atoms with Gasteiger partial charge in [-0.25, -0.2) is 4.68 Å². The molecule has 1 fully saturated rings. The van der Waals surface area contributed by atoms with Crippen molar-refractivity contribution < 1.29 is 0 Å². The van der Waals surface area contributed by atoms with E-state index >= 15 is 0 Å². The maximum Gasteiger partial charge on any atom is 0.0645 e. The number of piperidine rings is 1. The van der Waals surface area contributed by atoms with E-state index in [1.54, 1.807) is 6.20 Å². The minimum Gasteiger partial charge on any atom is -0.327 e. The quantitative estimate of drug-likeness (QED) is 0.938. The summed E-state index contributed by atoms with van der Waals surface area (Å²) in [5.41, 5.74) is 8.65. The molecule has 2 atom stereocenters. The molecule has 0 spiro atoms. The molecule has 1 aliphatic rings. The molecule has 112 valence electrons. The Bertz CT molecular complexity index is 547.